The second-order valence-corrected chi connectivity index (χ2v) is 8.14. The largest absolute Gasteiger partial charge is 0.311 e. The first-order valence-electron chi connectivity index (χ1n) is 9.53. The molecule has 2 heteroatoms. The molecule has 0 spiro atoms. The maximum Gasteiger partial charge on any atom is 0.0247 e. The molecular formula is C19H38N2. The second-order valence-electron chi connectivity index (χ2n) is 8.14. The standard InChI is InChI=1S/C19H38N2/c1-6-18(14(2)3)21-13-17(16-10-8-7-9-11-16)20-12-19(21)15(4)5/h14-20H,6-13H2,1-5H3. The van der Waals surface area contributed by atoms with Crippen molar-refractivity contribution in [3.8, 4) is 0 Å². The Morgan fingerprint density at radius 1 is 1.05 bits per heavy atom. The minimum absolute atomic E-state index is 0.720. The van der Waals surface area contributed by atoms with Crippen molar-refractivity contribution in [3.05, 3.63) is 0 Å². The Morgan fingerprint density at radius 2 is 1.71 bits per heavy atom. The SMILES string of the molecule is CCC(C(C)C)N1CC(C2CCCCC2)NCC1C(C)C. The van der Waals surface area contributed by atoms with Crippen molar-refractivity contribution < 1.29 is 0 Å². The van der Waals surface area contributed by atoms with Crippen LogP contribution in [0.3, 0.4) is 0 Å². The maximum absolute atomic E-state index is 3.93. The Balaban J connectivity index is 2.07. The van der Waals surface area contributed by atoms with Crippen molar-refractivity contribution in [2.75, 3.05) is 13.1 Å². The minimum atomic E-state index is 0.720. The molecule has 2 nitrogen and oxygen atoms in total. The van der Waals surface area contributed by atoms with E-state index in [4.69, 9.17) is 0 Å². The first kappa shape index (κ1) is 17.3. The molecule has 1 N–H and O–H groups in total. The van der Waals surface area contributed by atoms with Crippen LogP contribution in [0.1, 0.15) is 73.1 Å². The maximum atomic E-state index is 3.93. The van der Waals surface area contributed by atoms with Gasteiger partial charge in [-0.3, -0.25) is 4.90 Å². The fraction of sp³-hybridized carbons (Fsp3) is 1.00. The molecule has 0 aromatic heterocycles. The molecule has 0 radical (unpaired) electrons. The molecule has 2 rings (SSSR count). The third-order valence-electron chi connectivity index (χ3n) is 6.02. The van der Waals surface area contributed by atoms with Gasteiger partial charge >= 0.3 is 0 Å². The molecule has 21 heavy (non-hydrogen) atoms. The molecule has 0 bridgehead atoms. The number of nitrogens with zero attached hydrogens (tertiary/aromatic N) is 1. The first-order valence-corrected chi connectivity index (χ1v) is 9.53. The summed E-state index contributed by atoms with van der Waals surface area (Å²) in [5.74, 6) is 2.44. The van der Waals surface area contributed by atoms with Gasteiger partial charge in [-0.15, -0.1) is 0 Å². The Bertz CT molecular complexity index is 284. The highest BCUT2D eigenvalue weighted by Crippen LogP contribution is 2.31. The van der Waals surface area contributed by atoms with Crippen LogP contribution >= 0.6 is 0 Å². The fourth-order valence-electron chi connectivity index (χ4n) is 4.76. The smallest absolute Gasteiger partial charge is 0.0247 e. The Kier molecular flexibility index (Phi) is 6.55. The van der Waals surface area contributed by atoms with E-state index in [-0.39, 0.29) is 0 Å². The van der Waals surface area contributed by atoms with E-state index in [1.165, 1.54) is 51.6 Å². The van der Waals surface area contributed by atoms with Crippen LogP contribution in [-0.2, 0) is 0 Å². The van der Waals surface area contributed by atoms with Gasteiger partial charge in [-0.05, 0) is 37.0 Å². The van der Waals surface area contributed by atoms with Gasteiger partial charge in [0.05, 0.1) is 0 Å². The summed E-state index contributed by atoms with van der Waals surface area (Å²) in [6, 6.07) is 2.22. The fourth-order valence-corrected chi connectivity index (χ4v) is 4.76. The number of hydrogen-bond donors (Lipinski definition) is 1. The molecule has 1 saturated heterocycles. The summed E-state index contributed by atoms with van der Waals surface area (Å²) in [7, 11) is 0. The molecule has 0 aromatic rings. The monoisotopic (exact) mass is 294 g/mol. The quantitative estimate of drug-likeness (QED) is 0.813. The van der Waals surface area contributed by atoms with Crippen molar-refractivity contribution >= 4 is 0 Å². The molecule has 3 atom stereocenters. The molecule has 3 unspecified atom stereocenters. The second kappa shape index (κ2) is 7.97. The Labute approximate surface area is 133 Å². The summed E-state index contributed by atoms with van der Waals surface area (Å²) >= 11 is 0. The summed E-state index contributed by atoms with van der Waals surface area (Å²) in [4.78, 5) is 2.88. The van der Waals surface area contributed by atoms with Crippen LogP contribution in [0.5, 0.6) is 0 Å². The highest BCUT2D eigenvalue weighted by Gasteiger charge is 2.37. The third-order valence-corrected chi connectivity index (χ3v) is 6.02. The molecule has 124 valence electrons. The van der Waals surface area contributed by atoms with E-state index < -0.39 is 0 Å². The zero-order valence-corrected chi connectivity index (χ0v) is 15.1. The summed E-state index contributed by atoms with van der Waals surface area (Å²) in [6.45, 7) is 14.5. The zero-order chi connectivity index (χ0) is 15.4. The molecule has 0 amide bonds. The van der Waals surface area contributed by atoms with Crippen molar-refractivity contribution in [2.45, 2.75) is 91.3 Å². The lowest BCUT2D eigenvalue weighted by atomic mass is 9.81. The van der Waals surface area contributed by atoms with Gasteiger partial charge in [0.2, 0.25) is 0 Å². The number of hydrogen-bond acceptors (Lipinski definition) is 2. The van der Waals surface area contributed by atoms with E-state index in [9.17, 15) is 0 Å². The summed E-state index contributed by atoms with van der Waals surface area (Å²) in [5, 5.41) is 3.93. The Hall–Kier alpha value is -0.0800. The van der Waals surface area contributed by atoms with Gasteiger partial charge in [0, 0.05) is 31.2 Å². The predicted molar refractivity (Wildman–Crippen MR) is 92.6 cm³/mol. The van der Waals surface area contributed by atoms with Crippen molar-refractivity contribution in [3.63, 3.8) is 0 Å². The first-order chi connectivity index (χ1) is 10.0. The highest BCUT2D eigenvalue weighted by molar-refractivity contribution is 4.94. The van der Waals surface area contributed by atoms with Crippen LogP contribution in [-0.4, -0.2) is 36.1 Å². The average Bonchev–Trinajstić information content (AvgIpc) is 2.48. The van der Waals surface area contributed by atoms with Crippen molar-refractivity contribution in [1.29, 1.82) is 0 Å². The van der Waals surface area contributed by atoms with Crippen molar-refractivity contribution in [1.82, 2.24) is 10.2 Å². The average molecular weight is 295 g/mol. The van der Waals surface area contributed by atoms with E-state index in [2.05, 4.69) is 44.8 Å². The van der Waals surface area contributed by atoms with Gasteiger partial charge in [-0.2, -0.15) is 0 Å². The van der Waals surface area contributed by atoms with Gasteiger partial charge in [-0.1, -0.05) is 53.9 Å². The van der Waals surface area contributed by atoms with Gasteiger partial charge in [0.1, 0.15) is 0 Å². The van der Waals surface area contributed by atoms with Crippen LogP contribution in [0.25, 0.3) is 0 Å². The molecule has 2 fully saturated rings. The molecule has 1 heterocycles. The minimum Gasteiger partial charge on any atom is -0.311 e. The highest BCUT2D eigenvalue weighted by atomic mass is 15.3. The van der Waals surface area contributed by atoms with Crippen LogP contribution < -0.4 is 5.32 Å². The predicted octanol–water partition coefficient (Wildman–Crippen LogP) is 4.30. The van der Waals surface area contributed by atoms with E-state index in [1.807, 2.05) is 0 Å². The molecule has 1 aliphatic heterocycles. The topological polar surface area (TPSA) is 15.3 Å². The molecule has 0 aromatic carbocycles. The molecule has 1 saturated carbocycles. The summed E-state index contributed by atoms with van der Waals surface area (Å²) in [5.41, 5.74) is 0. The lowest BCUT2D eigenvalue weighted by Crippen LogP contribution is -2.63. The molecular weight excluding hydrogens is 256 g/mol. The van der Waals surface area contributed by atoms with Gasteiger partial charge < -0.3 is 5.32 Å². The van der Waals surface area contributed by atoms with Crippen molar-refractivity contribution in [2.24, 2.45) is 17.8 Å². The van der Waals surface area contributed by atoms with Crippen LogP contribution in [0, 0.1) is 17.8 Å². The third kappa shape index (κ3) is 4.22. The number of rotatable bonds is 5. The number of nitrogens with one attached hydrogen (secondary N) is 1. The van der Waals surface area contributed by atoms with E-state index >= 15 is 0 Å². The van der Waals surface area contributed by atoms with Gasteiger partial charge in [0.15, 0.2) is 0 Å². The summed E-state index contributed by atoms with van der Waals surface area (Å²) < 4.78 is 0. The zero-order valence-electron chi connectivity index (χ0n) is 15.1. The van der Waals surface area contributed by atoms with Crippen LogP contribution in [0.4, 0.5) is 0 Å². The number of piperazine rings is 1. The summed E-state index contributed by atoms with van der Waals surface area (Å²) in [6.07, 6.45) is 8.58. The van der Waals surface area contributed by atoms with Gasteiger partial charge in [-0.25, -0.2) is 0 Å². The Morgan fingerprint density at radius 3 is 2.24 bits per heavy atom. The lowest BCUT2D eigenvalue weighted by molar-refractivity contribution is 0.0182. The van der Waals surface area contributed by atoms with E-state index in [0.29, 0.717) is 0 Å². The molecule has 2 aliphatic rings. The van der Waals surface area contributed by atoms with Gasteiger partial charge in [0.25, 0.3) is 0 Å². The normalized spacial score (nSPS) is 31.0. The van der Waals surface area contributed by atoms with E-state index in [0.717, 1.165) is 35.9 Å². The lowest BCUT2D eigenvalue weighted by Gasteiger charge is -2.49. The van der Waals surface area contributed by atoms with Crippen LogP contribution in [0.2, 0.25) is 0 Å². The molecule has 1 aliphatic carbocycles. The van der Waals surface area contributed by atoms with E-state index in [1.54, 1.807) is 0 Å². The van der Waals surface area contributed by atoms with Crippen LogP contribution in [0.15, 0.2) is 0 Å².